The van der Waals surface area contributed by atoms with Gasteiger partial charge in [-0.3, -0.25) is 4.79 Å². The Hall–Kier alpha value is -6.74. The molecule has 0 fully saturated rings. The number of benzene rings is 10. The molecule has 0 aromatic heterocycles. The van der Waals surface area contributed by atoms with Crippen molar-refractivity contribution in [2.75, 3.05) is 73.6 Å². The monoisotopic (exact) mass is 2290 g/mol. The molecule has 10 aromatic rings. The maximum atomic E-state index is 13.8. The first-order chi connectivity index (χ1) is 57.4. The van der Waals surface area contributed by atoms with Crippen molar-refractivity contribution in [2.45, 2.75) is 120 Å². The molecule has 0 bridgehead atoms. The molecule has 0 saturated heterocycles. The number of fused-ring (bicyclic) bond motifs is 5. The predicted molar refractivity (Wildman–Crippen MR) is 521 cm³/mol. The van der Waals surface area contributed by atoms with E-state index < -0.39 is 17.4 Å². The Balaban J connectivity index is 0.000000212. The third-order valence-corrected chi connectivity index (χ3v) is 25.9. The van der Waals surface area contributed by atoms with Crippen molar-refractivity contribution in [3.63, 3.8) is 0 Å². The minimum absolute atomic E-state index is 0. The Labute approximate surface area is 811 Å². The van der Waals surface area contributed by atoms with Gasteiger partial charge in [-0.1, -0.05) is 29.3 Å². The number of carbonyl (C=O) groups is 1. The molecule has 1 aliphatic carbocycles. The maximum Gasteiger partial charge on any atom is 0.305 e. The highest BCUT2D eigenvalue weighted by Crippen LogP contribution is 2.45. The molecule has 34 heteroatoms. The van der Waals surface area contributed by atoms with Gasteiger partial charge in [0.25, 0.3) is 0 Å². The fraction of sp³-hybridized carbons (Fsp3) is 0.322. The number of rotatable bonds is 19. The van der Waals surface area contributed by atoms with E-state index in [2.05, 4.69) is 166 Å². The molecule has 124 heavy (non-hydrogen) atoms. The summed E-state index contributed by atoms with van der Waals surface area (Å²) in [6, 6.07) is 37.4. The molecule has 10 aromatic carbocycles. The van der Waals surface area contributed by atoms with Crippen molar-refractivity contribution >= 4 is 184 Å². The number of anilines is 1. The zero-order chi connectivity index (χ0) is 86.3. The predicted octanol–water partition coefficient (Wildman–Crippen LogP) is 20.9. The lowest BCUT2D eigenvalue weighted by Gasteiger charge is -2.27. The third-order valence-electron chi connectivity index (χ3n) is 21.7. The van der Waals surface area contributed by atoms with Crippen LogP contribution in [0.25, 0.3) is 0 Å². The number of halogens is 13. The first kappa shape index (κ1) is 104. The van der Waals surface area contributed by atoms with Crippen LogP contribution in [0.4, 0.5) is 14.5 Å². The summed E-state index contributed by atoms with van der Waals surface area (Å²) >= 11 is 26.4. The van der Waals surface area contributed by atoms with E-state index in [1.54, 1.807) is 62.8 Å². The smallest absolute Gasteiger partial charge is 0.305 e. The van der Waals surface area contributed by atoms with E-state index in [9.17, 15) is 64.6 Å². The lowest BCUT2D eigenvalue weighted by Crippen LogP contribution is -2.31. The van der Waals surface area contributed by atoms with Gasteiger partial charge in [0.05, 0.1) is 61.7 Å². The molecule has 4 aliphatic heterocycles. The fourth-order valence-corrected chi connectivity index (χ4v) is 21.3. The summed E-state index contributed by atoms with van der Waals surface area (Å²) in [5.41, 5.74) is 16.5. The molecule has 0 saturated carbocycles. The number of phenolic OH excluding ortho intramolecular Hbond substituents is 10. The van der Waals surface area contributed by atoms with Crippen molar-refractivity contribution < 1.29 is 88.3 Å². The number of esters is 1. The van der Waals surface area contributed by atoms with E-state index in [-0.39, 0.29) is 137 Å². The van der Waals surface area contributed by atoms with Gasteiger partial charge in [-0.15, -0.1) is 49.6 Å². The molecule has 21 nitrogen and oxygen atoms in total. The van der Waals surface area contributed by atoms with Gasteiger partial charge in [-0.05, 0) is 420 Å². The Morgan fingerprint density at radius 1 is 0.411 bits per heavy atom. The van der Waals surface area contributed by atoms with Crippen molar-refractivity contribution in [2.24, 2.45) is 0 Å². The quantitative estimate of drug-likeness (QED) is 0.0155. The summed E-state index contributed by atoms with van der Waals surface area (Å²) in [7, 11) is 7.48. The van der Waals surface area contributed by atoms with Crippen LogP contribution < -0.4 is 45.5 Å². The number of carbonyl (C=O) groups excluding carboxylic acids is 1. The van der Waals surface area contributed by atoms with E-state index in [0.717, 1.165) is 194 Å². The van der Waals surface area contributed by atoms with Gasteiger partial charge in [-0.25, -0.2) is 8.78 Å². The topological polar surface area (TPSA) is 326 Å². The van der Waals surface area contributed by atoms with E-state index in [0.29, 0.717) is 59.5 Å². The number of nitrogens with one attached hydrogen (secondary N) is 5. The van der Waals surface area contributed by atoms with Gasteiger partial charge in [0.2, 0.25) is 0 Å². The molecular weight excluding hydrogens is 2200 g/mol. The third kappa shape index (κ3) is 26.7. The highest BCUT2D eigenvalue weighted by atomic mass is 127. The molecule has 4 heterocycles. The number of aryl methyl sites for hydroxylation is 1. The number of aromatic hydroxyl groups is 10. The van der Waals surface area contributed by atoms with Crippen molar-refractivity contribution in [3.8, 4) is 80.5 Å². The molecule has 670 valence electrons. The van der Waals surface area contributed by atoms with Gasteiger partial charge in [0.1, 0.15) is 11.5 Å². The maximum absolute atomic E-state index is 13.8. The summed E-state index contributed by atoms with van der Waals surface area (Å²) in [6.07, 6.45) is 11.0. The molecule has 0 amide bonds. The van der Waals surface area contributed by atoms with E-state index >= 15 is 0 Å². The van der Waals surface area contributed by atoms with E-state index in [1.807, 2.05) is 24.3 Å². The normalized spacial score (nSPS) is 16.1. The number of phenols is 10. The molecule has 0 radical (unpaired) electrons. The van der Waals surface area contributed by atoms with Crippen LogP contribution in [0.5, 0.6) is 80.5 Å². The highest BCUT2D eigenvalue weighted by Gasteiger charge is 2.30. The second-order valence-corrected chi connectivity index (χ2v) is 35.6. The van der Waals surface area contributed by atoms with Crippen LogP contribution >= 0.6 is 172 Å². The first-order valence-electron chi connectivity index (χ1n) is 38.8. The summed E-state index contributed by atoms with van der Waals surface area (Å²) < 4.78 is 58.0. The number of hydrogen-bond acceptors (Lipinski definition) is 21. The largest absolute Gasteiger partial charge is 0.504 e. The van der Waals surface area contributed by atoms with E-state index in [1.165, 1.54) is 56.7 Å². The summed E-state index contributed by atoms with van der Waals surface area (Å²) in [5, 5.41) is 115. The molecule has 5 aliphatic rings. The number of hydrogen-bond donors (Lipinski definition) is 15. The van der Waals surface area contributed by atoms with E-state index in [4.69, 9.17) is 37.4 Å². The summed E-state index contributed by atoms with van der Waals surface area (Å²) in [5.74, 6) is -0.416. The average Bonchev–Trinajstić information content (AvgIpc) is 0.807. The fourth-order valence-electron chi connectivity index (χ4n) is 15.9. The van der Waals surface area contributed by atoms with Crippen molar-refractivity contribution in [1.82, 2.24) is 21.3 Å². The molecule has 15 rings (SSSR count). The second kappa shape index (κ2) is 48.6. The lowest BCUT2D eigenvalue weighted by atomic mass is 9.79. The standard InChI is InChI=1S/C22H26INO4.C17H17Br2NO3.C17H17Cl2NO3.C17H17F2NO3.C17H17I2NO3.4ClH/c1-28-22(27)6-3-9-24-19-8-7-14(11-18(19)23)10-15-4-2-5-16-12-20(25)21(26)13-17(15)16;4*1-23-17-12(18)4-9(5-13(17)19)6-14-11-8-16(22)15(21)7-10(11)2-3-20-14;;;;/h7-8,11-13,15,24-26H,2-6,9-10H2,1H3;4*4-5,7-8,14,20-22H,2-3,6H2,1H3;4*1H/t15-;4*14-;;;;/m00000..../s1. The van der Waals surface area contributed by atoms with Crippen LogP contribution in [0.1, 0.15) is 139 Å². The van der Waals surface area contributed by atoms with Crippen LogP contribution in [0.15, 0.2) is 136 Å². The minimum Gasteiger partial charge on any atom is -0.504 e. The van der Waals surface area contributed by atoms with Crippen LogP contribution in [-0.2, 0) is 73.7 Å². The number of ether oxygens (including phenoxy) is 5. The molecule has 0 unspecified atom stereocenters. The highest BCUT2D eigenvalue weighted by molar-refractivity contribution is 14.1. The SMILES string of the molecule is COC(=O)CCCNc1ccc(C[C@@H]2CCCc3cc(O)c(O)cc32)cc1I.COc1c(Br)cc(C[C@@H]2NCCc3cc(O)c(O)cc32)cc1Br.COc1c(Cl)cc(C[C@@H]2NCCc3cc(O)c(O)cc32)cc1Cl.COc1c(F)cc(C[C@@H]2NCCc3cc(O)c(O)cc32)cc1F.COc1c(I)cc(C[C@@H]2NCCc3cc(O)c(O)cc32)cc1I.Cl.Cl.Cl.Cl. The van der Waals surface area contributed by atoms with Gasteiger partial charge in [-0.2, -0.15) is 0 Å². The zero-order valence-electron chi connectivity index (χ0n) is 67.9. The molecule has 5 atom stereocenters. The van der Waals surface area contributed by atoms with Crippen molar-refractivity contribution in [3.05, 3.63) is 252 Å². The van der Waals surface area contributed by atoms with Crippen LogP contribution in [-0.4, -0.2) is 125 Å². The Morgan fingerprint density at radius 2 is 0.742 bits per heavy atom. The number of methoxy groups -OCH3 is 5. The van der Waals surface area contributed by atoms with Gasteiger partial charge in [0, 0.05) is 46.4 Å². The van der Waals surface area contributed by atoms with Gasteiger partial charge in [0.15, 0.2) is 80.6 Å². The zero-order valence-corrected chi connectivity index (χ0v) is 82.3. The second-order valence-electron chi connectivity index (χ2n) is 29.6. The summed E-state index contributed by atoms with van der Waals surface area (Å²) in [4.78, 5) is 11.2. The van der Waals surface area contributed by atoms with Crippen LogP contribution in [0, 0.1) is 22.3 Å². The summed E-state index contributed by atoms with van der Waals surface area (Å²) in [6.45, 7) is 3.93. The lowest BCUT2D eigenvalue weighted by molar-refractivity contribution is -0.140. The molecule has 15 N–H and O–H groups in total. The Kier molecular flexibility index (Phi) is 40.9. The Morgan fingerprint density at radius 3 is 1.10 bits per heavy atom. The molecule has 0 spiro atoms. The van der Waals surface area contributed by atoms with Gasteiger partial charge >= 0.3 is 5.97 Å². The average molecular weight is 2300 g/mol. The van der Waals surface area contributed by atoms with Gasteiger partial charge < -0.3 is 101 Å². The van der Waals surface area contributed by atoms with Crippen LogP contribution in [0.2, 0.25) is 10.0 Å². The van der Waals surface area contributed by atoms with Crippen molar-refractivity contribution in [1.29, 1.82) is 0 Å². The van der Waals surface area contributed by atoms with Crippen LogP contribution in [0.3, 0.4) is 0 Å². The Bertz CT molecular complexity index is 4790. The minimum atomic E-state index is -0.743. The molecular formula is C90H98Br2Cl6F2I3N5O16. The first-order valence-corrected chi connectivity index (χ1v) is 44.4.